The Kier molecular flexibility index (Phi) is 5.70. The Balaban J connectivity index is 2.16. The maximum absolute atomic E-state index is 12.5. The quantitative estimate of drug-likeness (QED) is 0.574. The van der Waals surface area contributed by atoms with Crippen LogP contribution in [0.25, 0.3) is 0 Å². The molecule has 0 radical (unpaired) electrons. The molecule has 0 amide bonds. The summed E-state index contributed by atoms with van der Waals surface area (Å²) >= 11 is 0. The minimum Gasteiger partial charge on any atom is -0.324 e. The molecule has 0 aliphatic rings. The van der Waals surface area contributed by atoms with Gasteiger partial charge in [0.05, 0.1) is 5.66 Å². The number of rotatable bonds is 6. The molecule has 0 saturated heterocycles. The summed E-state index contributed by atoms with van der Waals surface area (Å²) < 4.78 is 12.5. The third-order valence-corrected chi connectivity index (χ3v) is 6.00. The first-order valence-electron chi connectivity index (χ1n) is 8.44. The molecule has 1 unspecified atom stereocenters. The molecular formula is C21H22NO3P. The van der Waals surface area contributed by atoms with Crippen molar-refractivity contribution in [1.29, 1.82) is 0 Å². The summed E-state index contributed by atoms with van der Waals surface area (Å²) in [4.78, 5) is 20.5. The maximum Gasteiger partial charge on any atom is 0.331 e. The van der Waals surface area contributed by atoms with Gasteiger partial charge in [0, 0.05) is 12.0 Å². The molecule has 3 aromatic carbocycles. The molecule has 0 fully saturated rings. The van der Waals surface area contributed by atoms with Gasteiger partial charge in [-0.15, -0.1) is 0 Å². The highest BCUT2D eigenvalue weighted by molar-refractivity contribution is 7.52. The Morgan fingerprint density at radius 2 is 1.00 bits per heavy atom. The van der Waals surface area contributed by atoms with Crippen molar-refractivity contribution in [2.45, 2.75) is 17.6 Å². The second kappa shape index (κ2) is 7.98. The Morgan fingerprint density at radius 1 is 0.654 bits per heavy atom. The zero-order valence-corrected chi connectivity index (χ0v) is 15.1. The Morgan fingerprint density at radius 3 is 1.35 bits per heavy atom. The SMILES string of the molecule is NC(c1ccccc1)[C@@H](C(c1ccccc1)c1ccccc1)P(=O)(O)O. The van der Waals surface area contributed by atoms with Gasteiger partial charge >= 0.3 is 7.60 Å². The average Bonchev–Trinajstić information content (AvgIpc) is 2.66. The van der Waals surface area contributed by atoms with E-state index >= 15 is 0 Å². The van der Waals surface area contributed by atoms with E-state index in [1.807, 2.05) is 78.9 Å². The molecule has 0 bridgehead atoms. The fraction of sp³-hybridized carbons (Fsp3) is 0.143. The van der Waals surface area contributed by atoms with Crippen LogP contribution < -0.4 is 5.73 Å². The lowest BCUT2D eigenvalue weighted by molar-refractivity contribution is 0.341. The molecule has 4 N–H and O–H groups in total. The lowest BCUT2D eigenvalue weighted by Crippen LogP contribution is -2.32. The number of hydrogen-bond donors (Lipinski definition) is 3. The molecule has 0 aliphatic carbocycles. The highest BCUT2D eigenvalue weighted by Crippen LogP contribution is 2.54. The van der Waals surface area contributed by atoms with Gasteiger partial charge in [0.15, 0.2) is 0 Å². The van der Waals surface area contributed by atoms with E-state index in [1.165, 1.54) is 0 Å². The molecule has 2 atom stereocenters. The van der Waals surface area contributed by atoms with Crippen LogP contribution in [0, 0.1) is 0 Å². The van der Waals surface area contributed by atoms with Crippen LogP contribution in [-0.2, 0) is 4.57 Å². The highest BCUT2D eigenvalue weighted by Gasteiger charge is 2.42. The van der Waals surface area contributed by atoms with E-state index in [-0.39, 0.29) is 0 Å². The molecule has 0 aliphatic heterocycles. The monoisotopic (exact) mass is 367 g/mol. The van der Waals surface area contributed by atoms with E-state index in [1.54, 1.807) is 12.1 Å². The van der Waals surface area contributed by atoms with Gasteiger partial charge in [-0.05, 0) is 16.7 Å². The van der Waals surface area contributed by atoms with Gasteiger partial charge in [0.25, 0.3) is 0 Å². The Bertz CT molecular complexity index is 826. The molecule has 26 heavy (non-hydrogen) atoms. The van der Waals surface area contributed by atoms with Gasteiger partial charge in [0.2, 0.25) is 0 Å². The van der Waals surface area contributed by atoms with Gasteiger partial charge in [-0.2, -0.15) is 0 Å². The normalized spacial score (nSPS) is 14.2. The molecule has 3 aromatic rings. The summed E-state index contributed by atoms with van der Waals surface area (Å²) in [6, 6.07) is 27.1. The van der Waals surface area contributed by atoms with Crippen LogP contribution in [0.15, 0.2) is 91.0 Å². The topological polar surface area (TPSA) is 83.6 Å². The zero-order valence-electron chi connectivity index (χ0n) is 14.2. The number of hydrogen-bond acceptors (Lipinski definition) is 2. The third kappa shape index (κ3) is 4.12. The summed E-state index contributed by atoms with van der Waals surface area (Å²) in [5, 5.41) is 0. The smallest absolute Gasteiger partial charge is 0.324 e. The van der Waals surface area contributed by atoms with Gasteiger partial charge < -0.3 is 15.5 Å². The van der Waals surface area contributed by atoms with Gasteiger partial charge in [-0.3, -0.25) is 4.57 Å². The first-order chi connectivity index (χ1) is 12.5. The van der Waals surface area contributed by atoms with Crippen molar-refractivity contribution in [3.63, 3.8) is 0 Å². The minimum atomic E-state index is -4.51. The van der Waals surface area contributed by atoms with E-state index in [2.05, 4.69) is 0 Å². The minimum absolute atomic E-state index is 0.520. The molecule has 134 valence electrons. The second-order valence-electron chi connectivity index (χ2n) is 6.32. The summed E-state index contributed by atoms with van der Waals surface area (Å²) in [6.45, 7) is 0. The van der Waals surface area contributed by atoms with Crippen LogP contribution in [0.1, 0.15) is 28.7 Å². The summed E-state index contributed by atoms with van der Waals surface area (Å²) in [6.07, 6.45) is 0. The van der Waals surface area contributed by atoms with Gasteiger partial charge in [0.1, 0.15) is 0 Å². The summed E-state index contributed by atoms with van der Waals surface area (Å²) in [5.74, 6) is -0.520. The van der Waals surface area contributed by atoms with Gasteiger partial charge in [-0.25, -0.2) is 0 Å². The van der Waals surface area contributed by atoms with Crippen LogP contribution >= 0.6 is 7.60 Å². The van der Waals surface area contributed by atoms with Crippen LogP contribution in [0.3, 0.4) is 0 Å². The predicted molar refractivity (Wildman–Crippen MR) is 104 cm³/mol. The van der Waals surface area contributed by atoms with Crippen molar-refractivity contribution in [1.82, 2.24) is 0 Å². The van der Waals surface area contributed by atoms with E-state index in [0.29, 0.717) is 5.56 Å². The standard InChI is InChI=1S/C21H22NO3P/c22-20(18-14-8-3-9-15-18)21(26(23,24)25)19(16-10-4-1-5-11-16)17-12-6-2-7-13-17/h1-15,19-21H,22H2,(H2,23,24,25)/t20?,21-/m1/s1. The van der Waals surface area contributed by atoms with E-state index in [9.17, 15) is 14.4 Å². The number of nitrogens with two attached hydrogens (primary N) is 1. The molecule has 0 spiro atoms. The van der Waals surface area contributed by atoms with Crippen LogP contribution in [0.2, 0.25) is 0 Å². The van der Waals surface area contributed by atoms with Crippen molar-refractivity contribution in [3.8, 4) is 0 Å². The maximum atomic E-state index is 12.5. The fourth-order valence-corrected chi connectivity index (χ4v) is 4.71. The predicted octanol–water partition coefficient (Wildman–Crippen LogP) is 4.06. The molecule has 0 saturated carbocycles. The average molecular weight is 367 g/mol. The van der Waals surface area contributed by atoms with Crippen LogP contribution in [0.5, 0.6) is 0 Å². The van der Waals surface area contributed by atoms with Crippen molar-refractivity contribution in [2.75, 3.05) is 0 Å². The lowest BCUT2D eigenvalue weighted by Gasteiger charge is -2.33. The fourth-order valence-electron chi connectivity index (χ4n) is 3.39. The zero-order chi connectivity index (χ0) is 18.6. The molecule has 4 nitrogen and oxygen atoms in total. The van der Waals surface area contributed by atoms with E-state index in [0.717, 1.165) is 11.1 Å². The lowest BCUT2D eigenvalue weighted by atomic mass is 9.84. The molecule has 3 rings (SSSR count). The van der Waals surface area contributed by atoms with E-state index < -0.39 is 25.2 Å². The largest absolute Gasteiger partial charge is 0.331 e. The highest BCUT2D eigenvalue weighted by atomic mass is 31.2. The first kappa shape index (κ1) is 18.6. The summed E-state index contributed by atoms with van der Waals surface area (Å²) in [7, 11) is -4.51. The molecule has 0 aromatic heterocycles. The Labute approximate surface area is 153 Å². The molecular weight excluding hydrogens is 345 g/mol. The van der Waals surface area contributed by atoms with Crippen LogP contribution in [-0.4, -0.2) is 15.4 Å². The number of benzene rings is 3. The molecule has 0 heterocycles. The van der Waals surface area contributed by atoms with Crippen LogP contribution in [0.4, 0.5) is 0 Å². The van der Waals surface area contributed by atoms with Crippen molar-refractivity contribution in [3.05, 3.63) is 108 Å². The summed E-state index contributed by atoms with van der Waals surface area (Å²) in [5.41, 5.74) is 7.70. The Hall–Kier alpha value is -2.23. The van der Waals surface area contributed by atoms with Gasteiger partial charge in [-0.1, -0.05) is 91.0 Å². The van der Waals surface area contributed by atoms with Crippen molar-refractivity contribution in [2.24, 2.45) is 5.73 Å². The molecule has 5 heteroatoms. The van der Waals surface area contributed by atoms with E-state index in [4.69, 9.17) is 5.73 Å². The first-order valence-corrected chi connectivity index (χ1v) is 10.1. The second-order valence-corrected chi connectivity index (χ2v) is 8.09. The van der Waals surface area contributed by atoms with Crippen molar-refractivity contribution < 1.29 is 14.4 Å². The van der Waals surface area contributed by atoms with Crippen molar-refractivity contribution >= 4 is 7.60 Å². The third-order valence-electron chi connectivity index (χ3n) is 4.60.